The van der Waals surface area contributed by atoms with E-state index in [2.05, 4.69) is 11.2 Å². The first-order valence-electron chi connectivity index (χ1n) is 6.74. The highest BCUT2D eigenvalue weighted by molar-refractivity contribution is 6.32. The summed E-state index contributed by atoms with van der Waals surface area (Å²) in [5, 5.41) is 4.96. The molecule has 3 nitrogen and oxygen atoms in total. The average molecular weight is 291 g/mol. The van der Waals surface area contributed by atoms with Gasteiger partial charge in [0.1, 0.15) is 0 Å². The van der Waals surface area contributed by atoms with Gasteiger partial charge in [0.2, 0.25) is 0 Å². The second-order valence-electron chi connectivity index (χ2n) is 5.16. The molecule has 1 aromatic heterocycles. The number of aromatic nitrogens is 2. The first kappa shape index (κ1) is 14.8. The number of ketones is 1. The van der Waals surface area contributed by atoms with Crippen molar-refractivity contribution >= 4 is 17.4 Å². The Hall–Kier alpha value is -1.61. The van der Waals surface area contributed by atoms with Crippen LogP contribution >= 0.6 is 11.6 Å². The molecule has 0 amide bonds. The van der Waals surface area contributed by atoms with E-state index in [1.807, 2.05) is 40.0 Å². The Morgan fingerprint density at radius 2 is 1.85 bits per heavy atom. The normalized spacial score (nSPS) is 10.8. The second-order valence-corrected chi connectivity index (χ2v) is 5.54. The van der Waals surface area contributed by atoms with Crippen LogP contribution in [0.3, 0.4) is 0 Å². The lowest BCUT2D eigenvalue weighted by atomic mass is 10.0. The number of nitrogens with zero attached hydrogens (tertiary/aromatic N) is 2. The molecule has 0 radical (unpaired) electrons. The standard InChI is InChI=1S/C16H19ClN2O/c1-5-13-16(17)14(19(4)18-13)9-15(20)12-7-10(2)6-11(3)8-12/h6-8H,5,9H2,1-4H3. The number of rotatable bonds is 4. The summed E-state index contributed by atoms with van der Waals surface area (Å²) in [6.45, 7) is 6.00. The summed E-state index contributed by atoms with van der Waals surface area (Å²) in [6.07, 6.45) is 1.05. The molecule has 4 heteroatoms. The fraction of sp³-hybridized carbons (Fsp3) is 0.375. The van der Waals surface area contributed by atoms with Crippen LogP contribution in [-0.4, -0.2) is 15.6 Å². The minimum atomic E-state index is 0.0735. The van der Waals surface area contributed by atoms with Gasteiger partial charge in [-0.25, -0.2) is 0 Å². The average Bonchev–Trinajstić information content (AvgIpc) is 2.65. The third-order valence-electron chi connectivity index (χ3n) is 3.37. The lowest BCUT2D eigenvalue weighted by Crippen LogP contribution is -2.08. The Labute approximate surface area is 124 Å². The maximum absolute atomic E-state index is 12.4. The first-order valence-corrected chi connectivity index (χ1v) is 7.12. The smallest absolute Gasteiger partial charge is 0.168 e. The van der Waals surface area contributed by atoms with E-state index >= 15 is 0 Å². The molecular formula is C16H19ClN2O. The van der Waals surface area contributed by atoms with Crippen molar-refractivity contribution in [1.29, 1.82) is 0 Å². The summed E-state index contributed by atoms with van der Waals surface area (Å²) in [7, 11) is 1.83. The summed E-state index contributed by atoms with van der Waals surface area (Å²) >= 11 is 6.29. The number of aryl methyl sites for hydroxylation is 4. The number of Topliss-reactive ketones (excluding diaryl/α,β-unsaturated/α-hetero) is 1. The summed E-state index contributed by atoms with van der Waals surface area (Å²) < 4.78 is 1.71. The molecule has 0 unspecified atom stereocenters. The maximum atomic E-state index is 12.4. The Morgan fingerprint density at radius 3 is 2.35 bits per heavy atom. The Balaban J connectivity index is 2.30. The van der Waals surface area contributed by atoms with Crippen LogP contribution in [0.5, 0.6) is 0 Å². The molecule has 0 bridgehead atoms. The van der Waals surface area contributed by atoms with E-state index in [4.69, 9.17) is 11.6 Å². The van der Waals surface area contributed by atoms with Crippen molar-refractivity contribution in [3.63, 3.8) is 0 Å². The van der Waals surface area contributed by atoms with Crippen LogP contribution in [0.2, 0.25) is 5.02 Å². The van der Waals surface area contributed by atoms with Gasteiger partial charge in [0.15, 0.2) is 5.78 Å². The summed E-state index contributed by atoms with van der Waals surface area (Å²) in [4.78, 5) is 12.4. The minimum Gasteiger partial charge on any atom is -0.294 e. The van der Waals surface area contributed by atoms with Gasteiger partial charge in [0.05, 0.1) is 22.8 Å². The number of carbonyl (C=O) groups is 1. The van der Waals surface area contributed by atoms with Gasteiger partial charge in [-0.1, -0.05) is 35.7 Å². The molecule has 20 heavy (non-hydrogen) atoms. The van der Waals surface area contributed by atoms with Crippen molar-refractivity contribution in [3.8, 4) is 0 Å². The molecule has 0 spiro atoms. The van der Waals surface area contributed by atoms with E-state index < -0.39 is 0 Å². The van der Waals surface area contributed by atoms with Crippen LogP contribution in [0.15, 0.2) is 18.2 Å². The predicted molar refractivity (Wildman–Crippen MR) is 81.5 cm³/mol. The third-order valence-corrected chi connectivity index (χ3v) is 3.81. The topological polar surface area (TPSA) is 34.9 Å². The van der Waals surface area contributed by atoms with E-state index in [1.165, 1.54) is 0 Å². The van der Waals surface area contributed by atoms with Crippen LogP contribution in [0.4, 0.5) is 0 Å². The molecule has 0 saturated heterocycles. The number of carbonyl (C=O) groups excluding carboxylic acids is 1. The van der Waals surface area contributed by atoms with Gasteiger partial charge < -0.3 is 0 Å². The van der Waals surface area contributed by atoms with E-state index in [0.29, 0.717) is 5.02 Å². The van der Waals surface area contributed by atoms with Crippen LogP contribution in [0, 0.1) is 13.8 Å². The van der Waals surface area contributed by atoms with E-state index in [1.54, 1.807) is 4.68 Å². The summed E-state index contributed by atoms with van der Waals surface area (Å²) in [6, 6.07) is 5.89. The monoisotopic (exact) mass is 290 g/mol. The fourth-order valence-electron chi connectivity index (χ4n) is 2.40. The van der Waals surface area contributed by atoms with Crippen molar-refractivity contribution in [2.24, 2.45) is 7.05 Å². The van der Waals surface area contributed by atoms with Gasteiger partial charge in [0.25, 0.3) is 0 Å². The highest BCUT2D eigenvalue weighted by Gasteiger charge is 2.17. The zero-order valence-electron chi connectivity index (χ0n) is 12.3. The Kier molecular flexibility index (Phi) is 4.29. The minimum absolute atomic E-state index is 0.0735. The Bertz CT molecular complexity index is 638. The van der Waals surface area contributed by atoms with Gasteiger partial charge in [-0.15, -0.1) is 0 Å². The van der Waals surface area contributed by atoms with E-state index in [-0.39, 0.29) is 12.2 Å². The molecule has 0 N–H and O–H groups in total. The molecule has 0 aliphatic rings. The molecule has 2 rings (SSSR count). The fourth-order valence-corrected chi connectivity index (χ4v) is 2.76. The first-order chi connectivity index (χ1) is 9.42. The molecule has 1 heterocycles. The molecule has 0 saturated carbocycles. The highest BCUT2D eigenvalue weighted by Crippen LogP contribution is 2.22. The van der Waals surface area contributed by atoms with Crippen molar-refractivity contribution in [2.45, 2.75) is 33.6 Å². The largest absolute Gasteiger partial charge is 0.294 e. The van der Waals surface area contributed by atoms with Gasteiger partial charge >= 0.3 is 0 Å². The summed E-state index contributed by atoms with van der Waals surface area (Å²) in [5.74, 6) is 0.0735. The summed E-state index contributed by atoms with van der Waals surface area (Å²) in [5.41, 5.74) is 4.56. The molecule has 0 aliphatic carbocycles. The van der Waals surface area contributed by atoms with Gasteiger partial charge in [-0.2, -0.15) is 5.10 Å². The van der Waals surface area contributed by atoms with Crippen LogP contribution in [-0.2, 0) is 19.9 Å². The zero-order valence-corrected chi connectivity index (χ0v) is 13.1. The van der Waals surface area contributed by atoms with Gasteiger partial charge in [-0.05, 0) is 32.4 Å². The maximum Gasteiger partial charge on any atom is 0.168 e. The SMILES string of the molecule is CCc1nn(C)c(CC(=O)c2cc(C)cc(C)c2)c1Cl. The third kappa shape index (κ3) is 2.93. The number of halogens is 1. The molecule has 0 aliphatic heterocycles. The van der Waals surface area contributed by atoms with Crippen molar-refractivity contribution in [1.82, 2.24) is 9.78 Å². The van der Waals surface area contributed by atoms with Crippen molar-refractivity contribution < 1.29 is 4.79 Å². The zero-order chi connectivity index (χ0) is 14.9. The number of hydrogen-bond acceptors (Lipinski definition) is 2. The molecule has 2 aromatic rings. The van der Waals surface area contributed by atoms with Gasteiger partial charge in [-0.3, -0.25) is 9.48 Å². The Morgan fingerprint density at radius 1 is 1.25 bits per heavy atom. The van der Waals surface area contributed by atoms with Crippen molar-refractivity contribution in [3.05, 3.63) is 51.3 Å². The van der Waals surface area contributed by atoms with Crippen LogP contribution in [0.25, 0.3) is 0 Å². The quantitative estimate of drug-likeness (QED) is 0.805. The van der Waals surface area contributed by atoms with Crippen LogP contribution in [0.1, 0.15) is 39.8 Å². The molecule has 1 aromatic carbocycles. The lowest BCUT2D eigenvalue weighted by Gasteiger charge is -2.05. The molecule has 0 atom stereocenters. The molecule has 0 fully saturated rings. The second kappa shape index (κ2) is 5.80. The van der Waals surface area contributed by atoms with Gasteiger partial charge in [0, 0.05) is 12.6 Å². The number of hydrogen-bond donors (Lipinski definition) is 0. The molecular weight excluding hydrogens is 272 g/mol. The van der Waals surface area contributed by atoms with Crippen molar-refractivity contribution in [2.75, 3.05) is 0 Å². The molecule has 106 valence electrons. The predicted octanol–water partition coefficient (Wildman–Crippen LogP) is 3.68. The van der Waals surface area contributed by atoms with Crippen LogP contribution < -0.4 is 0 Å². The lowest BCUT2D eigenvalue weighted by molar-refractivity contribution is 0.0990. The van der Waals surface area contributed by atoms with E-state index in [0.717, 1.165) is 34.5 Å². The number of benzene rings is 1. The highest BCUT2D eigenvalue weighted by atomic mass is 35.5. The van der Waals surface area contributed by atoms with E-state index in [9.17, 15) is 4.79 Å².